The molecule has 13 heavy (non-hydrogen) atoms. The van der Waals surface area contributed by atoms with E-state index in [-0.39, 0.29) is 0 Å². The fourth-order valence-electron chi connectivity index (χ4n) is 0.803. The Hall–Kier alpha value is -1.61. The molecule has 0 bridgehead atoms. The number of ether oxygens (including phenoxy) is 1. The van der Waals surface area contributed by atoms with Gasteiger partial charge < -0.3 is 10.5 Å². The molecular weight excluding hydrogens is 164 g/mol. The van der Waals surface area contributed by atoms with Gasteiger partial charge >= 0.3 is 0 Å². The first kappa shape index (κ1) is 9.48. The van der Waals surface area contributed by atoms with Crippen LogP contribution in [0, 0.1) is 0 Å². The molecule has 0 fully saturated rings. The lowest BCUT2D eigenvalue weighted by atomic mass is 10.2. The standard InChI is InChI=1S/C10H12N2O/c1-8(6-11)13-9(2)10-4-3-5-12-7-10/h3-5,7H,1-2,6,11H2. The van der Waals surface area contributed by atoms with E-state index >= 15 is 0 Å². The highest BCUT2D eigenvalue weighted by Crippen LogP contribution is 2.14. The Kier molecular flexibility index (Phi) is 3.23. The first-order chi connectivity index (χ1) is 6.24. The quantitative estimate of drug-likeness (QED) is 0.708. The Morgan fingerprint density at radius 3 is 2.85 bits per heavy atom. The first-order valence-corrected chi connectivity index (χ1v) is 3.89. The van der Waals surface area contributed by atoms with Crippen LogP contribution in [0.5, 0.6) is 0 Å². The van der Waals surface area contributed by atoms with E-state index in [9.17, 15) is 0 Å². The summed E-state index contributed by atoms with van der Waals surface area (Å²) >= 11 is 0. The Balaban J connectivity index is 2.65. The average molecular weight is 176 g/mol. The number of pyridine rings is 1. The van der Waals surface area contributed by atoms with Crippen molar-refractivity contribution in [3.8, 4) is 0 Å². The van der Waals surface area contributed by atoms with Crippen LogP contribution in [-0.2, 0) is 4.74 Å². The Labute approximate surface area is 77.5 Å². The number of nitrogens with zero attached hydrogens (tertiary/aromatic N) is 1. The molecular formula is C10H12N2O. The molecule has 0 aliphatic rings. The van der Waals surface area contributed by atoms with Crippen molar-refractivity contribution in [3.05, 3.63) is 49.0 Å². The zero-order valence-electron chi connectivity index (χ0n) is 7.36. The molecule has 0 aliphatic heterocycles. The maximum absolute atomic E-state index is 5.32. The van der Waals surface area contributed by atoms with Gasteiger partial charge in [-0.1, -0.05) is 13.2 Å². The van der Waals surface area contributed by atoms with Crippen LogP contribution < -0.4 is 5.73 Å². The number of hydrogen-bond donors (Lipinski definition) is 1. The van der Waals surface area contributed by atoms with Gasteiger partial charge in [0.25, 0.3) is 0 Å². The zero-order valence-corrected chi connectivity index (χ0v) is 7.36. The molecule has 0 atom stereocenters. The van der Waals surface area contributed by atoms with Crippen molar-refractivity contribution in [2.45, 2.75) is 0 Å². The highest BCUT2D eigenvalue weighted by molar-refractivity contribution is 5.56. The van der Waals surface area contributed by atoms with Crippen LogP contribution in [-0.4, -0.2) is 11.5 Å². The van der Waals surface area contributed by atoms with Crippen molar-refractivity contribution in [1.82, 2.24) is 4.98 Å². The van der Waals surface area contributed by atoms with Crippen LogP contribution in [0.25, 0.3) is 5.76 Å². The second kappa shape index (κ2) is 4.42. The van der Waals surface area contributed by atoms with Gasteiger partial charge in [0.05, 0.1) is 6.54 Å². The van der Waals surface area contributed by atoms with Crippen molar-refractivity contribution < 1.29 is 4.74 Å². The van der Waals surface area contributed by atoms with Gasteiger partial charge in [-0.25, -0.2) is 0 Å². The Morgan fingerprint density at radius 2 is 2.31 bits per heavy atom. The van der Waals surface area contributed by atoms with E-state index < -0.39 is 0 Å². The molecule has 3 heteroatoms. The maximum Gasteiger partial charge on any atom is 0.128 e. The van der Waals surface area contributed by atoms with Crippen molar-refractivity contribution >= 4 is 5.76 Å². The number of hydrogen-bond acceptors (Lipinski definition) is 3. The average Bonchev–Trinajstić information content (AvgIpc) is 2.19. The van der Waals surface area contributed by atoms with E-state index in [4.69, 9.17) is 10.5 Å². The number of aromatic nitrogens is 1. The summed E-state index contributed by atoms with van der Waals surface area (Å²) in [5, 5.41) is 0. The second-order valence-corrected chi connectivity index (χ2v) is 2.51. The lowest BCUT2D eigenvalue weighted by Crippen LogP contribution is -2.04. The van der Waals surface area contributed by atoms with Gasteiger partial charge in [-0.3, -0.25) is 4.98 Å². The van der Waals surface area contributed by atoms with Gasteiger partial charge in [-0.05, 0) is 12.1 Å². The van der Waals surface area contributed by atoms with Gasteiger partial charge in [0.15, 0.2) is 0 Å². The van der Waals surface area contributed by atoms with Gasteiger partial charge in [-0.15, -0.1) is 0 Å². The summed E-state index contributed by atoms with van der Waals surface area (Å²) in [6, 6.07) is 3.67. The third-order valence-electron chi connectivity index (χ3n) is 1.48. The summed E-state index contributed by atoms with van der Waals surface area (Å²) in [6.07, 6.45) is 3.36. The van der Waals surface area contributed by atoms with E-state index in [2.05, 4.69) is 18.1 Å². The van der Waals surface area contributed by atoms with Gasteiger partial charge in [-0.2, -0.15) is 0 Å². The van der Waals surface area contributed by atoms with E-state index in [1.807, 2.05) is 12.1 Å². The molecule has 68 valence electrons. The second-order valence-electron chi connectivity index (χ2n) is 2.51. The van der Waals surface area contributed by atoms with Crippen LogP contribution in [0.2, 0.25) is 0 Å². The molecule has 0 aromatic carbocycles. The van der Waals surface area contributed by atoms with Crippen LogP contribution in [0.15, 0.2) is 43.4 Å². The van der Waals surface area contributed by atoms with Crippen LogP contribution in [0.4, 0.5) is 0 Å². The minimum atomic E-state index is 0.291. The fourth-order valence-corrected chi connectivity index (χ4v) is 0.803. The molecule has 0 saturated carbocycles. The summed E-state index contributed by atoms with van der Waals surface area (Å²) in [5.41, 5.74) is 6.15. The van der Waals surface area contributed by atoms with Gasteiger partial charge in [0.1, 0.15) is 11.5 Å². The monoisotopic (exact) mass is 176 g/mol. The molecule has 2 N–H and O–H groups in total. The molecule has 0 aliphatic carbocycles. The van der Waals surface area contributed by atoms with Crippen molar-refractivity contribution in [2.75, 3.05) is 6.54 Å². The molecule has 0 radical (unpaired) electrons. The van der Waals surface area contributed by atoms with E-state index in [0.717, 1.165) is 5.56 Å². The normalized spacial score (nSPS) is 9.31. The number of rotatable bonds is 4. The smallest absolute Gasteiger partial charge is 0.128 e. The molecule has 1 aromatic rings. The van der Waals surface area contributed by atoms with Crippen LogP contribution in [0.1, 0.15) is 5.56 Å². The summed E-state index contributed by atoms with van der Waals surface area (Å²) in [7, 11) is 0. The summed E-state index contributed by atoms with van der Waals surface area (Å²) in [5.74, 6) is 1.01. The summed E-state index contributed by atoms with van der Waals surface area (Å²) in [6.45, 7) is 7.64. The summed E-state index contributed by atoms with van der Waals surface area (Å²) < 4.78 is 5.23. The van der Waals surface area contributed by atoms with E-state index in [0.29, 0.717) is 18.1 Å². The van der Waals surface area contributed by atoms with E-state index in [1.54, 1.807) is 12.4 Å². The largest absolute Gasteiger partial charge is 0.461 e. The van der Waals surface area contributed by atoms with Gasteiger partial charge in [0.2, 0.25) is 0 Å². The predicted octanol–water partition coefficient (Wildman–Crippen LogP) is 1.54. The lowest BCUT2D eigenvalue weighted by Gasteiger charge is -2.08. The lowest BCUT2D eigenvalue weighted by molar-refractivity contribution is 0.379. The Bertz CT molecular complexity index is 306. The minimum Gasteiger partial charge on any atom is -0.461 e. The first-order valence-electron chi connectivity index (χ1n) is 3.89. The molecule has 3 nitrogen and oxygen atoms in total. The van der Waals surface area contributed by atoms with Crippen molar-refractivity contribution in [1.29, 1.82) is 0 Å². The molecule has 1 aromatic heterocycles. The molecule has 0 unspecified atom stereocenters. The molecule has 0 saturated heterocycles. The maximum atomic E-state index is 5.32. The topological polar surface area (TPSA) is 48.1 Å². The minimum absolute atomic E-state index is 0.291. The predicted molar refractivity (Wildman–Crippen MR) is 52.6 cm³/mol. The third-order valence-corrected chi connectivity index (χ3v) is 1.48. The molecule has 1 rings (SSSR count). The van der Waals surface area contributed by atoms with E-state index in [1.165, 1.54) is 0 Å². The number of nitrogens with two attached hydrogens (primary N) is 1. The fraction of sp³-hybridized carbons (Fsp3) is 0.100. The highest BCUT2D eigenvalue weighted by atomic mass is 16.5. The van der Waals surface area contributed by atoms with Gasteiger partial charge in [0, 0.05) is 18.0 Å². The van der Waals surface area contributed by atoms with Crippen LogP contribution in [0.3, 0.4) is 0 Å². The Morgan fingerprint density at radius 1 is 1.54 bits per heavy atom. The molecule has 1 heterocycles. The zero-order chi connectivity index (χ0) is 9.68. The van der Waals surface area contributed by atoms with Crippen molar-refractivity contribution in [3.63, 3.8) is 0 Å². The van der Waals surface area contributed by atoms with Crippen LogP contribution >= 0.6 is 0 Å². The highest BCUT2D eigenvalue weighted by Gasteiger charge is 2.00. The van der Waals surface area contributed by atoms with Crippen molar-refractivity contribution in [2.24, 2.45) is 5.73 Å². The third kappa shape index (κ3) is 2.72. The SMILES string of the molecule is C=C(CN)OC(=C)c1cccnc1. The summed E-state index contributed by atoms with van der Waals surface area (Å²) in [4.78, 5) is 3.94. The molecule has 0 amide bonds. The molecule has 0 spiro atoms.